The third-order valence-electron chi connectivity index (χ3n) is 11.4. The van der Waals surface area contributed by atoms with Crippen LogP contribution in [0.1, 0.15) is 59.1 Å². The van der Waals surface area contributed by atoms with E-state index < -0.39 is 17.2 Å². The number of aromatic nitrogens is 4. The lowest BCUT2D eigenvalue weighted by molar-refractivity contribution is -0.153. The SMILES string of the molecule is NC(CCCCC(=O)OCc1ccccc1)(NCc1ccc(-c2ccccc2-c2nnnn2C(c2ccccc2)(c2ccccc2)c2ccccc2)cc1)C(=O)OCc1ccccc1. The van der Waals surface area contributed by atoms with E-state index in [0.717, 1.165) is 50.1 Å². The summed E-state index contributed by atoms with van der Waals surface area (Å²) in [7, 11) is 0. The zero-order valence-corrected chi connectivity index (χ0v) is 35.5. The molecular weight excluding hydrogens is 797 g/mol. The maximum absolute atomic E-state index is 13.7. The molecule has 0 saturated carbocycles. The van der Waals surface area contributed by atoms with E-state index in [1.807, 2.05) is 150 Å². The predicted molar refractivity (Wildman–Crippen MR) is 248 cm³/mol. The maximum atomic E-state index is 13.7. The van der Waals surface area contributed by atoms with Gasteiger partial charge < -0.3 is 15.2 Å². The van der Waals surface area contributed by atoms with Crippen LogP contribution in [0.2, 0.25) is 0 Å². The zero-order chi connectivity index (χ0) is 44.0. The summed E-state index contributed by atoms with van der Waals surface area (Å²) >= 11 is 0. The maximum Gasteiger partial charge on any atom is 0.341 e. The Bertz CT molecular complexity index is 2620. The van der Waals surface area contributed by atoms with Gasteiger partial charge in [-0.25, -0.2) is 9.48 Å². The highest BCUT2D eigenvalue weighted by Gasteiger charge is 2.42. The van der Waals surface area contributed by atoms with Gasteiger partial charge >= 0.3 is 11.9 Å². The normalized spacial score (nSPS) is 12.3. The topological polar surface area (TPSA) is 134 Å². The van der Waals surface area contributed by atoms with E-state index in [-0.39, 0.29) is 32.0 Å². The van der Waals surface area contributed by atoms with E-state index >= 15 is 0 Å². The molecule has 1 heterocycles. The summed E-state index contributed by atoms with van der Waals surface area (Å²) in [5.41, 5.74) is 12.9. The Hall–Kier alpha value is -7.53. The first-order chi connectivity index (χ1) is 31.4. The van der Waals surface area contributed by atoms with Crippen LogP contribution in [0, 0.1) is 0 Å². The molecule has 0 aliphatic carbocycles. The van der Waals surface area contributed by atoms with Gasteiger partial charge in [-0.1, -0.05) is 200 Å². The molecule has 0 saturated heterocycles. The smallest absolute Gasteiger partial charge is 0.341 e. The number of carbonyl (C=O) groups excluding carboxylic acids is 2. The van der Waals surface area contributed by atoms with Crippen LogP contribution >= 0.6 is 0 Å². The van der Waals surface area contributed by atoms with Gasteiger partial charge in [0.25, 0.3) is 0 Å². The summed E-state index contributed by atoms with van der Waals surface area (Å²) < 4.78 is 13.2. The van der Waals surface area contributed by atoms with E-state index in [4.69, 9.17) is 25.5 Å². The number of nitrogens with zero attached hydrogens (tertiary/aromatic N) is 4. The molecule has 64 heavy (non-hydrogen) atoms. The lowest BCUT2D eigenvalue weighted by Gasteiger charge is -2.36. The summed E-state index contributed by atoms with van der Waals surface area (Å²) in [6.45, 7) is 0.602. The molecule has 10 heteroatoms. The molecule has 0 fully saturated rings. The number of hydrogen-bond donors (Lipinski definition) is 2. The largest absolute Gasteiger partial charge is 0.461 e. The Kier molecular flexibility index (Phi) is 13.9. The summed E-state index contributed by atoms with van der Waals surface area (Å²) in [6.07, 6.45) is 1.46. The summed E-state index contributed by atoms with van der Waals surface area (Å²) in [5.74, 6) is -0.264. The van der Waals surface area contributed by atoms with Gasteiger partial charge in [-0.15, -0.1) is 5.10 Å². The molecule has 8 aromatic rings. The van der Waals surface area contributed by atoms with Crippen LogP contribution in [0.15, 0.2) is 200 Å². The van der Waals surface area contributed by atoms with Gasteiger partial charge in [0.15, 0.2) is 11.5 Å². The number of benzene rings is 7. The number of unbranched alkanes of at least 4 members (excludes halogenated alkanes) is 1. The van der Waals surface area contributed by atoms with Crippen molar-refractivity contribution in [2.75, 3.05) is 0 Å². The fourth-order valence-corrected chi connectivity index (χ4v) is 8.08. The van der Waals surface area contributed by atoms with Crippen molar-refractivity contribution in [1.82, 2.24) is 25.5 Å². The van der Waals surface area contributed by atoms with E-state index in [9.17, 15) is 9.59 Å². The minimum atomic E-state index is -1.51. The Morgan fingerprint density at radius 3 is 1.58 bits per heavy atom. The molecule has 1 atom stereocenters. The average molecular weight is 847 g/mol. The second-order valence-corrected chi connectivity index (χ2v) is 15.7. The van der Waals surface area contributed by atoms with Crippen molar-refractivity contribution in [2.45, 2.75) is 56.6 Å². The molecule has 3 N–H and O–H groups in total. The molecule has 0 spiro atoms. The van der Waals surface area contributed by atoms with Crippen molar-refractivity contribution in [3.8, 4) is 22.5 Å². The molecular formula is C54H50N6O4. The van der Waals surface area contributed by atoms with E-state index in [1.165, 1.54) is 0 Å². The molecule has 0 aliphatic heterocycles. The average Bonchev–Trinajstić information content (AvgIpc) is 3.85. The quantitative estimate of drug-likeness (QED) is 0.0353. The number of esters is 2. The first-order valence-corrected chi connectivity index (χ1v) is 21.5. The van der Waals surface area contributed by atoms with Gasteiger partial charge in [-0.3, -0.25) is 10.1 Å². The van der Waals surface area contributed by atoms with Gasteiger partial charge in [0.05, 0.1) is 0 Å². The van der Waals surface area contributed by atoms with Crippen LogP contribution in [-0.2, 0) is 44.4 Å². The molecule has 320 valence electrons. The number of rotatable bonds is 19. The van der Waals surface area contributed by atoms with Gasteiger partial charge in [-0.2, -0.15) is 0 Å². The number of nitrogens with two attached hydrogens (primary N) is 1. The highest BCUT2D eigenvalue weighted by atomic mass is 16.5. The highest BCUT2D eigenvalue weighted by molar-refractivity contribution is 5.81. The van der Waals surface area contributed by atoms with Crippen LogP contribution in [0.5, 0.6) is 0 Å². The molecule has 0 aliphatic rings. The standard InChI is InChI=1S/C54H50N6O4/c55-53(52(62)64-40-43-22-8-2-9-23-43,37-19-18-32-50(61)63-39-42-20-6-1-7-21-42)56-38-41-33-35-44(36-34-41)48-30-16-17-31-49(48)51-57-58-59-60(51)54(45-24-10-3-11-25-45,46-26-12-4-13-27-46)47-28-14-5-15-29-47/h1-17,20-31,33-36,56H,18-19,32,37-40,55H2. The van der Waals surface area contributed by atoms with Gasteiger partial charge in [0.1, 0.15) is 18.8 Å². The minimum Gasteiger partial charge on any atom is -0.461 e. The van der Waals surface area contributed by atoms with Crippen LogP contribution in [0.3, 0.4) is 0 Å². The van der Waals surface area contributed by atoms with Gasteiger partial charge in [-0.05, 0) is 74.2 Å². The second-order valence-electron chi connectivity index (χ2n) is 15.7. The minimum absolute atomic E-state index is 0.0899. The van der Waals surface area contributed by atoms with Crippen LogP contribution in [0.4, 0.5) is 0 Å². The Balaban J connectivity index is 1.02. The van der Waals surface area contributed by atoms with E-state index in [2.05, 4.69) is 65.1 Å². The molecule has 7 aromatic carbocycles. The van der Waals surface area contributed by atoms with Crippen molar-refractivity contribution < 1.29 is 19.1 Å². The predicted octanol–water partition coefficient (Wildman–Crippen LogP) is 9.64. The Labute approximate surface area is 373 Å². The highest BCUT2D eigenvalue weighted by Crippen LogP contribution is 2.43. The molecule has 0 bridgehead atoms. The third kappa shape index (κ3) is 9.89. The summed E-state index contributed by atoms with van der Waals surface area (Å²) in [6, 6.07) is 66.3. The lowest BCUT2D eigenvalue weighted by Crippen LogP contribution is -2.60. The third-order valence-corrected chi connectivity index (χ3v) is 11.4. The van der Waals surface area contributed by atoms with Crippen molar-refractivity contribution >= 4 is 11.9 Å². The lowest BCUT2D eigenvalue weighted by atomic mass is 9.77. The van der Waals surface area contributed by atoms with Crippen molar-refractivity contribution in [3.05, 3.63) is 234 Å². The molecule has 0 radical (unpaired) electrons. The first kappa shape index (κ1) is 43.1. The van der Waals surface area contributed by atoms with Crippen molar-refractivity contribution in [3.63, 3.8) is 0 Å². The Morgan fingerprint density at radius 1 is 0.547 bits per heavy atom. The van der Waals surface area contributed by atoms with Crippen molar-refractivity contribution in [2.24, 2.45) is 5.73 Å². The first-order valence-electron chi connectivity index (χ1n) is 21.5. The van der Waals surface area contributed by atoms with Crippen molar-refractivity contribution in [1.29, 1.82) is 0 Å². The number of tetrazole rings is 1. The number of ether oxygens (including phenoxy) is 2. The fourth-order valence-electron chi connectivity index (χ4n) is 8.08. The van der Waals surface area contributed by atoms with Gasteiger partial charge in [0, 0.05) is 18.5 Å². The molecule has 0 amide bonds. The molecule has 10 nitrogen and oxygen atoms in total. The monoisotopic (exact) mass is 846 g/mol. The van der Waals surface area contributed by atoms with E-state index in [0.29, 0.717) is 25.2 Å². The summed E-state index contributed by atoms with van der Waals surface area (Å²) in [5, 5.41) is 17.1. The Morgan fingerprint density at radius 2 is 1.03 bits per heavy atom. The second kappa shape index (κ2) is 20.6. The number of carbonyl (C=O) groups is 2. The number of hydrogen-bond acceptors (Lipinski definition) is 9. The molecule has 8 rings (SSSR count). The molecule has 1 aromatic heterocycles. The summed E-state index contributed by atoms with van der Waals surface area (Å²) in [4.78, 5) is 26.2. The van der Waals surface area contributed by atoms with Crippen LogP contribution < -0.4 is 11.1 Å². The fraction of sp³-hybridized carbons (Fsp3) is 0.167. The van der Waals surface area contributed by atoms with Gasteiger partial charge in [0.2, 0.25) is 0 Å². The van der Waals surface area contributed by atoms with E-state index in [1.54, 1.807) is 0 Å². The zero-order valence-electron chi connectivity index (χ0n) is 35.5. The number of nitrogens with one attached hydrogen (secondary N) is 1. The van der Waals surface area contributed by atoms with Crippen LogP contribution in [0.25, 0.3) is 22.5 Å². The molecule has 1 unspecified atom stereocenters. The van der Waals surface area contributed by atoms with Crippen LogP contribution in [-0.4, -0.2) is 37.8 Å².